The number of carbonyl (C=O) groups is 3. The molecule has 2 aliphatic rings. The first-order valence-corrected chi connectivity index (χ1v) is 8.44. The molecule has 1 saturated heterocycles. The first-order valence-electron chi connectivity index (χ1n) is 8.44. The van der Waals surface area contributed by atoms with Crippen LogP contribution >= 0.6 is 0 Å². The van der Waals surface area contributed by atoms with Gasteiger partial charge in [0, 0.05) is 24.0 Å². The molecule has 0 amide bonds. The molecule has 0 aromatic rings. The Morgan fingerprint density at radius 2 is 2.20 bits per heavy atom. The lowest BCUT2D eigenvalue weighted by Gasteiger charge is -2.24. The zero-order chi connectivity index (χ0) is 18.6. The van der Waals surface area contributed by atoms with Crippen LogP contribution in [0.1, 0.15) is 32.6 Å². The third kappa shape index (κ3) is 4.23. The van der Waals surface area contributed by atoms with Crippen LogP contribution in [0.2, 0.25) is 0 Å². The second-order valence-electron chi connectivity index (χ2n) is 6.58. The summed E-state index contributed by atoms with van der Waals surface area (Å²) in [6.45, 7) is 9.33. The predicted octanol–water partition coefficient (Wildman–Crippen LogP) is 2.46. The highest BCUT2D eigenvalue weighted by atomic mass is 16.5. The minimum Gasteiger partial charge on any atom is -0.454 e. The average Bonchev–Trinajstić information content (AvgIpc) is 2.85. The van der Waals surface area contributed by atoms with Gasteiger partial charge in [0.05, 0.1) is 0 Å². The fourth-order valence-corrected chi connectivity index (χ4v) is 3.32. The Kier molecular flexibility index (Phi) is 6.26. The number of ketones is 1. The van der Waals surface area contributed by atoms with Crippen molar-refractivity contribution in [2.75, 3.05) is 6.61 Å². The van der Waals surface area contributed by atoms with E-state index >= 15 is 0 Å². The van der Waals surface area contributed by atoms with Gasteiger partial charge in [-0.3, -0.25) is 9.59 Å². The highest BCUT2D eigenvalue weighted by molar-refractivity contribution is 5.98. The van der Waals surface area contributed by atoms with Crippen LogP contribution in [-0.4, -0.2) is 35.9 Å². The quantitative estimate of drug-likeness (QED) is 0.359. The molecule has 1 N–H and O–H groups in total. The normalized spacial score (nSPS) is 26.9. The van der Waals surface area contributed by atoms with Crippen molar-refractivity contribution in [3.8, 4) is 0 Å². The van der Waals surface area contributed by atoms with E-state index in [0.29, 0.717) is 36.0 Å². The second-order valence-corrected chi connectivity index (χ2v) is 6.58. The molecule has 3 atom stereocenters. The van der Waals surface area contributed by atoms with E-state index in [9.17, 15) is 14.4 Å². The van der Waals surface area contributed by atoms with E-state index < -0.39 is 18.0 Å². The molecule has 5 heteroatoms. The van der Waals surface area contributed by atoms with Crippen LogP contribution in [0.5, 0.6) is 0 Å². The number of esters is 1. The maximum Gasteiger partial charge on any atom is 0.334 e. The highest BCUT2D eigenvalue weighted by Gasteiger charge is 2.40. The molecule has 1 heterocycles. The van der Waals surface area contributed by atoms with Crippen molar-refractivity contribution in [3.05, 3.63) is 47.6 Å². The fourth-order valence-electron chi connectivity index (χ4n) is 3.32. The molecule has 3 unspecified atom stereocenters. The van der Waals surface area contributed by atoms with Gasteiger partial charge < -0.3 is 9.84 Å². The molecule has 0 bridgehead atoms. The molecule has 134 valence electrons. The van der Waals surface area contributed by atoms with Gasteiger partial charge in [-0.2, -0.15) is 0 Å². The molecular formula is C20H24O5. The van der Waals surface area contributed by atoms with E-state index in [4.69, 9.17) is 9.84 Å². The smallest absolute Gasteiger partial charge is 0.334 e. The van der Waals surface area contributed by atoms with Crippen LogP contribution < -0.4 is 0 Å². The summed E-state index contributed by atoms with van der Waals surface area (Å²) in [4.78, 5) is 36.0. The van der Waals surface area contributed by atoms with Crippen molar-refractivity contribution in [1.29, 1.82) is 0 Å². The summed E-state index contributed by atoms with van der Waals surface area (Å²) in [6.07, 6.45) is 5.56. The molecule has 0 saturated carbocycles. The highest BCUT2D eigenvalue weighted by Crippen LogP contribution is 2.37. The lowest BCUT2D eigenvalue weighted by Crippen LogP contribution is -2.26. The van der Waals surface area contributed by atoms with Crippen molar-refractivity contribution >= 4 is 18.0 Å². The molecule has 5 nitrogen and oxygen atoms in total. The Labute approximate surface area is 147 Å². The van der Waals surface area contributed by atoms with Crippen LogP contribution in [0.3, 0.4) is 0 Å². The van der Waals surface area contributed by atoms with Crippen molar-refractivity contribution < 1.29 is 24.2 Å². The molecule has 0 aromatic heterocycles. The fraction of sp³-hybridized carbons (Fsp3) is 0.450. The Morgan fingerprint density at radius 3 is 2.84 bits per heavy atom. The number of hydrogen-bond acceptors (Lipinski definition) is 5. The molecule has 0 aromatic carbocycles. The van der Waals surface area contributed by atoms with Crippen LogP contribution in [0, 0.1) is 11.8 Å². The molecule has 0 radical (unpaired) electrons. The van der Waals surface area contributed by atoms with Crippen LogP contribution in [0.4, 0.5) is 0 Å². The summed E-state index contributed by atoms with van der Waals surface area (Å²) in [5, 5.41) is 9.07. The van der Waals surface area contributed by atoms with E-state index in [1.165, 1.54) is 0 Å². The van der Waals surface area contributed by atoms with E-state index in [1.54, 1.807) is 6.08 Å². The standard InChI is InChI=1S/C20H24O5/c1-12-5-4-6-15(11-22)9-18-17(14(3)20(24)25-18)10-16(12)19(23)13(2)7-8-21/h5,9,11,16-18,21H,2-4,6-8,10H2,1H3. The monoisotopic (exact) mass is 344 g/mol. The lowest BCUT2D eigenvalue weighted by atomic mass is 9.78. The summed E-state index contributed by atoms with van der Waals surface area (Å²) in [5.74, 6) is -1.42. The Morgan fingerprint density at radius 1 is 1.48 bits per heavy atom. The molecule has 2 rings (SSSR count). The Balaban J connectivity index is 2.38. The number of carbonyl (C=O) groups excluding carboxylic acids is 3. The van der Waals surface area contributed by atoms with Gasteiger partial charge in [-0.25, -0.2) is 4.79 Å². The van der Waals surface area contributed by atoms with Gasteiger partial charge >= 0.3 is 5.97 Å². The van der Waals surface area contributed by atoms with Gasteiger partial charge in [0.15, 0.2) is 5.78 Å². The number of ether oxygens (including phenoxy) is 1. The maximum absolute atomic E-state index is 12.8. The van der Waals surface area contributed by atoms with Gasteiger partial charge in [-0.15, -0.1) is 0 Å². The number of aldehydes is 1. The van der Waals surface area contributed by atoms with E-state index in [2.05, 4.69) is 13.2 Å². The van der Waals surface area contributed by atoms with Gasteiger partial charge in [-0.1, -0.05) is 24.8 Å². The first-order chi connectivity index (χ1) is 11.9. The van der Waals surface area contributed by atoms with Crippen molar-refractivity contribution in [2.24, 2.45) is 11.8 Å². The topological polar surface area (TPSA) is 80.7 Å². The van der Waals surface area contributed by atoms with Crippen LogP contribution in [0.15, 0.2) is 47.6 Å². The summed E-state index contributed by atoms with van der Waals surface area (Å²) < 4.78 is 5.35. The Bertz CT molecular complexity index is 668. The second kappa shape index (κ2) is 8.21. The summed E-state index contributed by atoms with van der Waals surface area (Å²) in [7, 11) is 0. The number of allylic oxidation sites excluding steroid dienone is 3. The third-order valence-electron chi connectivity index (χ3n) is 4.90. The minimum atomic E-state index is -0.576. The predicted molar refractivity (Wildman–Crippen MR) is 93.6 cm³/mol. The zero-order valence-electron chi connectivity index (χ0n) is 14.5. The summed E-state index contributed by atoms with van der Waals surface area (Å²) in [5.41, 5.74) is 2.15. The molecule has 1 fully saturated rings. The van der Waals surface area contributed by atoms with Gasteiger partial charge in [-0.05, 0) is 49.8 Å². The number of hydrogen-bond donors (Lipinski definition) is 1. The van der Waals surface area contributed by atoms with E-state index in [1.807, 2.05) is 13.0 Å². The van der Waals surface area contributed by atoms with Gasteiger partial charge in [0.25, 0.3) is 0 Å². The average molecular weight is 344 g/mol. The number of Topliss-reactive ketones (excluding diaryl/α,β-unsaturated/α-hetero) is 1. The SMILES string of the molecule is C=C(CCO)C(=O)C1CC2C(=C)C(=O)OC2C=C(C=O)CCC=C1C. The lowest BCUT2D eigenvalue weighted by molar-refractivity contribution is -0.137. The van der Waals surface area contributed by atoms with E-state index in [0.717, 1.165) is 11.9 Å². The summed E-state index contributed by atoms with van der Waals surface area (Å²) in [6, 6.07) is 0. The van der Waals surface area contributed by atoms with Gasteiger partial charge in [0.1, 0.15) is 12.4 Å². The maximum atomic E-state index is 12.8. The molecule has 0 spiro atoms. The molecular weight excluding hydrogens is 320 g/mol. The number of fused-ring (bicyclic) bond motifs is 1. The largest absolute Gasteiger partial charge is 0.454 e. The number of aliphatic hydroxyl groups is 1. The van der Waals surface area contributed by atoms with Gasteiger partial charge in [0.2, 0.25) is 0 Å². The Hall–Kier alpha value is -2.27. The number of rotatable bonds is 5. The molecule has 1 aliphatic carbocycles. The molecule has 1 aliphatic heterocycles. The third-order valence-corrected chi connectivity index (χ3v) is 4.90. The zero-order valence-corrected chi connectivity index (χ0v) is 14.5. The van der Waals surface area contributed by atoms with Crippen LogP contribution in [-0.2, 0) is 19.1 Å². The van der Waals surface area contributed by atoms with Crippen molar-refractivity contribution in [1.82, 2.24) is 0 Å². The minimum absolute atomic E-state index is 0.131. The first kappa shape index (κ1) is 19.1. The van der Waals surface area contributed by atoms with Crippen molar-refractivity contribution in [2.45, 2.75) is 38.7 Å². The summed E-state index contributed by atoms with van der Waals surface area (Å²) >= 11 is 0. The van der Waals surface area contributed by atoms with Crippen LogP contribution in [0.25, 0.3) is 0 Å². The van der Waals surface area contributed by atoms with Crippen molar-refractivity contribution in [3.63, 3.8) is 0 Å². The van der Waals surface area contributed by atoms with E-state index in [-0.39, 0.29) is 24.7 Å². The number of aliphatic hydroxyl groups excluding tert-OH is 1. The molecule has 25 heavy (non-hydrogen) atoms.